The smallest absolute Gasteiger partial charge is 0.328 e. The Hall–Kier alpha value is -0.720. The largest absolute Gasteiger partial charge is 0.492 e. The van der Waals surface area contributed by atoms with E-state index in [1.165, 1.54) is 7.11 Å². The molecule has 0 saturated carbocycles. The molecule has 7 heteroatoms. The van der Waals surface area contributed by atoms with E-state index in [0.717, 1.165) is 0 Å². The van der Waals surface area contributed by atoms with Gasteiger partial charge in [-0.25, -0.2) is 4.79 Å². The Bertz CT molecular complexity index is 368. The molecule has 0 saturated heterocycles. The van der Waals surface area contributed by atoms with Gasteiger partial charge < -0.3 is 9.84 Å². The van der Waals surface area contributed by atoms with Crippen molar-refractivity contribution in [3.8, 4) is 11.6 Å². The SMILES string of the molecule is COc1c(O)[nH]c(=O)[nH]c1=O.[Na]. The summed E-state index contributed by atoms with van der Waals surface area (Å²) in [5, 5.41) is 8.87. The van der Waals surface area contributed by atoms with Crippen molar-refractivity contribution in [1.82, 2.24) is 9.97 Å². The van der Waals surface area contributed by atoms with Crippen molar-refractivity contribution < 1.29 is 9.84 Å². The van der Waals surface area contributed by atoms with E-state index in [0.29, 0.717) is 0 Å². The van der Waals surface area contributed by atoms with Crippen LogP contribution in [-0.4, -0.2) is 51.7 Å². The third kappa shape index (κ3) is 2.13. The van der Waals surface area contributed by atoms with Gasteiger partial charge in [0.2, 0.25) is 11.6 Å². The number of hydrogen-bond acceptors (Lipinski definition) is 4. The number of ether oxygens (including phenoxy) is 1. The van der Waals surface area contributed by atoms with Crippen molar-refractivity contribution >= 4 is 29.6 Å². The quantitative estimate of drug-likeness (QED) is 0.454. The summed E-state index contributed by atoms with van der Waals surface area (Å²) >= 11 is 0. The first-order chi connectivity index (χ1) is 5.15. The van der Waals surface area contributed by atoms with Gasteiger partial charge in [-0.15, -0.1) is 0 Å². The molecule has 1 rings (SSSR count). The van der Waals surface area contributed by atoms with E-state index < -0.39 is 17.1 Å². The third-order valence-electron chi connectivity index (χ3n) is 1.08. The monoisotopic (exact) mass is 181 g/mol. The molecule has 0 atom stereocenters. The summed E-state index contributed by atoms with van der Waals surface area (Å²) in [5.74, 6) is -0.870. The fourth-order valence-corrected chi connectivity index (χ4v) is 0.652. The van der Waals surface area contributed by atoms with Crippen LogP contribution in [0.5, 0.6) is 11.6 Å². The maximum atomic E-state index is 10.7. The van der Waals surface area contributed by atoms with Gasteiger partial charge in [0.1, 0.15) is 0 Å². The van der Waals surface area contributed by atoms with Gasteiger partial charge in [0.25, 0.3) is 5.56 Å². The van der Waals surface area contributed by atoms with Gasteiger partial charge in [-0.3, -0.25) is 14.8 Å². The number of aromatic hydroxyl groups is 1. The molecule has 0 aliphatic rings. The summed E-state index contributed by atoms with van der Waals surface area (Å²) in [6.45, 7) is 0. The molecule has 3 N–H and O–H groups in total. The molecule has 0 aliphatic heterocycles. The summed E-state index contributed by atoms with van der Waals surface area (Å²) in [4.78, 5) is 25.0. The van der Waals surface area contributed by atoms with Crippen molar-refractivity contribution in [2.75, 3.05) is 7.11 Å². The minimum atomic E-state index is -0.770. The minimum Gasteiger partial charge on any atom is -0.492 e. The molecule has 1 aromatic rings. The van der Waals surface area contributed by atoms with Crippen LogP contribution in [0.15, 0.2) is 9.59 Å². The number of methoxy groups -OCH3 is 1. The minimum absolute atomic E-state index is 0. The standard InChI is InChI=1S/C5H6N2O4.Na/c1-11-2-3(8)6-5(10)7-4(2)9;/h1H3,(H3,6,7,8,9,10);. The molecule has 12 heavy (non-hydrogen) atoms. The van der Waals surface area contributed by atoms with Crippen molar-refractivity contribution in [2.24, 2.45) is 0 Å². The molecular formula is C5H6N2NaO4. The Morgan fingerprint density at radius 1 is 1.33 bits per heavy atom. The topological polar surface area (TPSA) is 95.2 Å². The molecule has 1 heterocycles. The van der Waals surface area contributed by atoms with E-state index in [9.17, 15) is 9.59 Å². The third-order valence-corrected chi connectivity index (χ3v) is 1.08. The van der Waals surface area contributed by atoms with Gasteiger partial charge in [-0.2, -0.15) is 0 Å². The zero-order chi connectivity index (χ0) is 8.43. The maximum absolute atomic E-state index is 10.7. The Balaban J connectivity index is 0.00000121. The Labute approximate surface area is 88.9 Å². The first kappa shape index (κ1) is 11.3. The van der Waals surface area contributed by atoms with Crippen molar-refractivity contribution in [1.29, 1.82) is 0 Å². The molecule has 0 fully saturated rings. The average Bonchev–Trinajstić information content (AvgIpc) is 1.85. The first-order valence-corrected chi connectivity index (χ1v) is 2.74. The van der Waals surface area contributed by atoms with Gasteiger partial charge in [0, 0.05) is 29.6 Å². The van der Waals surface area contributed by atoms with E-state index in [-0.39, 0.29) is 35.3 Å². The van der Waals surface area contributed by atoms with Gasteiger partial charge in [0.05, 0.1) is 7.11 Å². The van der Waals surface area contributed by atoms with Crippen LogP contribution in [0, 0.1) is 0 Å². The second kappa shape index (κ2) is 4.34. The van der Waals surface area contributed by atoms with Gasteiger partial charge in [-0.1, -0.05) is 0 Å². The number of H-pyrrole nitrogens is 2. The molecule has 0 aliphatic carbocycles. The Morgan fingerprint density at radius 2 is 1.92 bits per heavy atom. The van der Waals surface area contributed by atoms with Crippen molar-refractivity contribution in [3.05, 3.63) is 20.8 Å². The molecule has 0 spiro atoms. The Morgan fingerprint density at radius 3 is 2.33 bits per heavy atom. The molecule has 0 unspecified atom stereocenters. The van der Waals surface area contributed by atoms with Gasteiger partial charge >= 0.3 is 5.69 Å². The van der Waals surface area contributed by atoms with Crippen LogP contribution in [0.3, 0.4) is 0 Å². The van der Waals surface area contributed by atoms with Gasteiger partial charge in [-0.05, 0) is 0 Å². The fraction of sp³-hybridized carbons (Fsp3) is 0.200. The zero-order valence-corrected chi connectivity index (χ0v) is 8.67. The number of aromatic amines is 2. The second-order valence-corrected chi connectivity index (χ2v) is 1.79. The van der Waals surface area contributed by atoms with E-state index in [1.807, 2.05) is 9.97 Å². The zero-order valence-electron chi connectivity index (χ0n) is 6.67. The van der Waals surface area contributed by atoms with Crippen molar-refractivity contribution in [2.45, 2.75) is 0 Å². The molecule has 0 bridgehead atoms. The molecule has 0 amide bonds. The summed E-state index contributed by atoms with van der Waals surface area (Å²) in [6, 6.07) is 0. The van der Waals surface area contributed by atoms with E-state index >= 15 is 0 Å². The predicted octanol–water partition coefficient (Wildman–Crippen LogP) is -1.60. The maximum Gasteiger partial charge on any atom is 0.328 e. The summed E-state index contributed by atoms with van der Waals surface area (Å²) in [7, 11) is 1.21. The number of nitrogens with one attached hydrogen (secondary N) is 2. The molecular weight excluding hydrogens is 175 g/mol. The number of hydrogen-bond donors (Lipinski definition) is 3. The average molecular weight is 181 g/mol. The summed E-state index contributed by atoms with van der Waals surface area (Å²) in [6.07, 6.45) is 0. The molecule has 0 aromatic carbocycles. The van der Waals surface area contributed by atoms with Crippen molar-refractivity contribution in [3.63, 3.8) is 0 Å². The molecule has 1 radical (unpaired) electrons. The molecule has 1 aromatic heterocycles. The van der Waals surface area contributed by atoms with Crippen LogP contribution >= 0.6 is 0 Å². The normalized spacial score (nSPS) is 8.75. The van der Waals surface area contributed by atoms with Crippen LogP contribution < -0.4 is 16.0 Å². The molecule has 61 valence electrons. The van der Waals surface area contributed by atoms with Crippen LogP contribution in [0.25, 0.3) is 0 Å². The number of rotatable bonds is 1. The predicted molar refractivity (Wildman–Crippen MR) is 41.7 cm³/mol. The van der Waals surface area contributed by atoms with Crippen LogP contribution in [0.4, 0.5) is 0 Å². The summed E-state index contributed by atoms with van der Waals surface area (Å²) < 4.78 is 4.47. The van der Waals surface area contributed by atoms with Crippen LogP contribution in [0.2, 0.25) is 0 Å². The summed E-state index contributed by atoms with van der Waals surface area (Å²) in [5.41, 5.74) is -1.53. The second-order valence-electron chi connectivity index (χ2n) is 1.79. The molecule has 6 nitrogen and oxygen atoms in total. The van der Waals surface area contributed by atoms with E-state index in [1.54, 1.807) is 0 Å². The van der Waals surface area contributed by atoms with Crippen LogP contribution in [0.1, 0.15) is 0 Å². The Kier molecular flexibility index (Phi) is 4.08. The fourth-order valence-electron chi connectivity index (χ4n) is 0.652. The van der Waals surface area contributed by atoms with Gasteiger partial charge in [0.15, 0.2) is 0 Å². The van der Waals surface area contributed by atoms with E-state index in [4.69, 9.17) is 5.11 Å². The van der Waals surface area contributed by atoms with Crippen LogP contribution in [-0.2, 0) is 0 Å². The number of aromatic nitrogens is 2. The van der Waals surface area contributed by atoms with E-state index in [2.05, 4.69) is 4.74 Å². The first-order valence-electron chi connectivity index (χ1n) is 2.74.